The first-order valence-electron chi connectivity index (χ1n) is 8.24. The second kappa shape index (κ2) is 13.7. The molecule has 0 fully saturated rings. The van der Waals surface area contributed by atoms with E-state index in [4.69, 9.17) is 18.0 Å². The van der Waals surface area contributed by atoms with Gasteiger partial charge in [0.05, 0.1) is 6.10 Å². The summed E-state index contributed by atoms with van der Waals surface area (Å²) in [5.74, 6) is 3.11. The van der Waals surface area contributed by atoms with Gasteiger partial charge in [0, 0.05) is 12.0 Å². The van der Waals surface area contributed by atoms with Gasteiger partial charge in [-0.15, -0.1) is 18.9 Å². The first-order chi connectivity index (χ1) is 10.5. The van der Waals surface area contributed by atoms with Crippen LogP contribution in [0.3, 0.4) is 0 Å². The van der Waals surface area contributed by atoms with Crippen molar-refractivity contribution in [2.75, 3.05) is 0 Å². The minimum absolute atomic E-state index is 0.404. The zero-order valence-corrected chi connectivity index (χ0v) is 14.9. The summed E-state index contributed by atoms with van der Waals surface area (Å²) in [5, 5.41) is 9.89. The molecule has 22 heavy (non-hydrogen) atoms. The molecule has 0 radical (unpaired) electrons. The minimum atomic E-state index is -0.404. The maximum absolute atomic E-state index is 9.89. The molecule has 0 rings (SSSR count). The normalized spacial score (nSPS) is 15.2. The van der Waals surface area contributed by atoms with Gasteiger partial charge >= 0.3 is 0 Å². The Morgan fingerprint density at radius 1 is 1.32 bits per heavy atom. The van der Waals surface area contributed by atoms with Crippen LogP contribution in [0.15, 0.2) is 35.4 Å². The molecular formula is C20H31ClO. The highest BCUT2D eigenvalue weighted by Gasteiger charge is 2.07. The molecule has 2 atom stereocenters. The molecule has 1 nitrogen and oxygen atoms in total. The van der Waals surface area contributed by atoms with Crippen LogP contribution in [-0.4, -0.2) is 11.2 Å². The van der Waals surface area contributed by atoms with E-state index in [1.54, 1.807) is 11.6 Å². The first-order valence-corrected chi connectivity index (χ1v) is 8.67. The Morgan fingerprint density at radius 3 is 2.64 bits per heavy atom. The van der Waals surface area contributed by atoms with E-state index in [0.717, 1.165) is 44.1 Å². The molecule has 124 valence electrons. The molecule has 0 saturated carbocycles. The maximum Gasteiger partial charge on any atom is 0.0781 e. The van der Waals surface area contributed by atoms with Crippen LogP contribution in [0, 0.1) is 18.3 Å². The van der Waals surface area contributed by atoms with Crippen LogP contribution in [0.5, 0.6) is 0 Å². The Labute approximate surface area is 142 Å². The number of allylic oxidation sites excluding steroid dienone is 2. The van der Waals surface area contributed by atoms with Crippen molar-refractivity contribution < 1.29 is 5.11 Å². The van der Waals surface area contributed by atoms with Crippen molar-refractivity contribution >= 4 is 11.6 Å². The van der Waals surface area contributed by atoms with Crippen LogP contribution in [-0.2, 0) is 0 Å². The van der Waals surface area contributed by atoms with Gasteiger partial charge in [-0.25, -0.2) is 0 Å². The summed E-state index contributed by atoms with van der Waals surface area (Å²) in [7, 11) is 0. The molecule has 0 saturated heterocycles. The van der Waals surface area contributed by atoms with E-state index in [2.05, 4.69) is 25.5 Å². The van der Waals surface area contributed by atoms with Gasteiger partial charge in [0.2, 0.25) is 0 Å². The average Bonchev–Trinajstić information content (AvgIpc) is 2.50. The minimum Gasteiger partial charge on any atom is -0.388 e. The Kier molecular flexibility index (Phi) is 13.1. The Bertz CT molecular complexity index is 400. The van der Waals surface area contributed by atoms with Gasteiger partial charge < -0.3 is 5.11 Å². The summed E-state index contributed by atoms with van der Waals surface area (Å²) in [5.41, 5.74) is 4.07. The Morgan fingerprint density at radius 2 is 2.05 bits per heavy atom. The number of unbranched alkanes of at least 4 members (excludes halogenated alkanes) is 3. The Balaban J connectivity index is 4.09. The number of terminal acetylenes is 1. The SMILES string of the molecule is C#CCCCCC/C(=C/Cl)CC[C@H](C)/C=C(\C)[C@H](O)CC=C. The van der Waals surface area contributed by atoms with E-state index in [-0.39, 0.29) is 0 Å². The van der Waals surface area contributed by atoms with E-state index in [1.165, 1.54) is 12.0 Å². The maximum atomic E-state index is 9.89. The van der Waals surface area contributed by atoms with Crippen LogP contribution < -0.4 is 0 Å². The molecule has 0 unspecified atom stereocenters. The third-order valence-corrected chi connectivity index (χ3v) is 4.17. The fourth-order valence-corrected chi connectivity index (χ4v) is 2.61. The van der Waals surface area contributed by atoms with Gasteiger partial charge in [0.25, 0.3) is 0 Å². The summed E-state index contributed by atoms with van der Waals surface area (Å²) in [6, 6.07) is 0. The standard InChI is InChI=1S/C20H31ClO/c1-5-7-8-9-10-12-19(16-21)14-13-17(3)15-18(4)20(22)11-6-2/h1,6,15-17,20,22H,2,7-14H2,3-4H3/b18-15+,19-16-/t17-,20+/m0/s1. The number of rotatable bonds is 12. The lowest BCUT2D eigenvalue weighted by molar-refractivity contribution is 0.213. The van der Waals surface area contributed by atoms with Crippen molar-refractivity contribution in [3.05, 3.63) is 35.4 Å². The average molecular weight is 323 g/mol. The summed E-state index contributed by atoms with van der Waals surface area (Å²) >= 11 is 5.93. The van der Waals surface area contributed by atoms with E-state index in [0.29, 0.717) is 12.3 Å². The van der Waals surface area contributed by atoms with Crippen LogP contribution in [0.4, 0.5) is 0 Å². The van der Waals surface area contributed by atoms with Crippen LogP contribution in [0.25, 0.3) is 0 Å². The van der Waals surface area contributed by atoms with Gasteiger partial charge in [-0.2, -0.15) is 0 Å². The molecule has 0 aliphatic rings. The monoisotopic (exact) mass is 322 g/mol. The smallest absolute Gasteiger partial charge is 0.0781 e. The second-order valence-corrected chi connectivity index (χ2v) is 6.22. The van der Waals surface area contributed by atoms with Gasteiger partial charge in [0.1, 0.15) is 0 Å². The van der Waals surface area contributed by atoms with Crippen LogP contribution in [0.2, 0.25) is 0 Å². The largest absolute Gasteiger partial charge is 0.388 e. The zero-order chi connectivity index (χ0) is 16.8. The molecule has 0 bridgehead atoms. The van der Waals surface area contributed by atoms with Crippen molar-refractivity contribution in [1.82, 2.24) is 0 Å². The number of hydrogen-bond acceptors (Lipinski definition) is 1. The summed E-state index contributed by atoms with van der Waals surface area (Å²) in [4.78, 5) is 0. The molecule has 0 aromatic heterocycles. The van der Waals surface area contributed by atoms with Crippen molar-refractivity contribution in [1.29, 1.82) is 0 Å². The molecule has 0 aliphatic carbocycles. The molecular weight excluding hydrogens is 292 g/mol. The molecule has 2 heteroatoms. The van der Waals surface area contributed by atoms with Gasteiger partial charge in [-0.1, -0.05) is 42.7 Å². The zero-order valence-electron chi connectivity index (χ0n) is 14.2. The highest BCUT2D eigenvalue weighted by molar-refractivity contribution is 6.25. The lowest BCUT2D eigenvalue weighted by Gasteiger charge is -2.13. The van der Waals surface area contributed by atoms with Crippen molar-refractivity contribution in [3.8, 4) is 12.3 Å². The molecule has 0 aromatic carbocycles. The molecule has 0 amide bonds. The highest BCUT2D eigenvalue weighted by Crippen LogP contribution is 2.21. The number of hydrogen-bond donors (Lipinski definition) is 1. The number of aliphatic hydroxyl groups excluding tert-OH is 1. The molecule has 1 N–H and O–H groups in total. The lowest BCUT2D eigenvalue weighted by Crippen LogP contribution is -2.08. The third kappa shape index (κ3) is 10.7. The quantitative estimate of drug-likeness (QED) is 0.266. The lowest BCUT2D eigenvalue weighted by atomic mass is 9.95. The van der Waals surface area contributed by atoms with Crippen molar-refractivity contribution in [2.45, 2.75) is 71.3 Å². The summed E-state index contributed by atoms with van der Waals surface area (Å²) in [6.07, 6.45) is 16.8. The molecule has 0 heterocycles. The summed E-state index contributed by atoms with van der Waals surface area (Å²) < 4.78 is 0. The topological polar surface area (TPSA) is 20.2 Å². The van der Waals surface area contributed by atoms with Gasteiger partial charge in [-0.05, 0) is 56.9 Å². The van der Waals surface area contributed by atoms with Gasteiger partial charge in [0.15, 0.2) is 0 Å². The number of halogens is 1. The Hall–Kier alpha value is -0.970. The molecule has 0 aliphatic heterocycles. The van der Waals surface area contributed by atoms with Crippen molar-refractivity contribution in [3.63, 3.8) is 0 Å². The molecule has 0 aromatic rings. The van der Waals surface area contributed by atoms with Gasteiger partial charge in [-0.3, -0.25) is 0 Å². The predicted octanol–water partition coefficient (Wildman–Crippen LogP) is 5.99. The van der Waals surface area contributed by atoms with E-state index < -0.39 is 6.10 Å². The summed E-state index contributed by atoms with van der Waals surface area (Å²) in [6.45, 7) is 7.82. The van der Waals surface area contributed by atoms with Crippen molar-refractivity contribution in [2.24, 2.45) is 5.92 Å². The van der Waals surface area contributed by atoms with Crippen LogP contribution >= 0.6 is 11.6 Å². The fourth-order valence-electron chi connectivity index (χ4n) is 2.39. The van der Waals surface area contributed by atoms with E-state index >= 15 is 0 Å². The van der Waals surface area contributed by atoms with E-state index in [9.17, 15) is 5.11 Å². The predicted molar refractivity (Wildman–Crippen MR) is 98.8 cm³/mol. The van der Waals surface area contributed by atoms with Crippen LogP contribution in [0.1, 0.15) is 65.2 Å². The molecule has 0 spiro atoms. The first kappa shape index (κ1) is 21.0. The highest BCUT2D eigenvalue weighted by atomic mass is 35.5. The number of aliphatic hydroxyl groups is 1. The third-order valence-electron chi connectivity index (χ3n) is 3.86. The van der Waals surface area contributed by atoms with E-state index in [1.807, 2.05) is 6.92 Å². The fraction of sp³-hybridized carbons (Fsp3) is 0.600. The second-order valence-electron chi connectivity index (χ2n) is 6.00.